The fraction of sp³-hybridized carbons (Fsp3) is 0.846. The number of amides is 1. The Bertz CT molecular complexity index is 309. The van der Waals surface area contributed by atoms with Gasteiger partial charge in [-0.25, -0.2) is 0 Å². The van der Waals surface area contributed by atoms with Crippen molar-refractivity contribution in [1.29, 1.82) is 0 Å². The molecule has 0 aliphatic carbocycles. The van der Waals surface area contributed by atoms with Gasteiger partial charge in [0.05, 0.1) is 20.3 Å². The molecule has 1 fully saturated rings. The summed E-state index contributed by atoms with van der Waals surface area (Å²) in [5.74, 6) is -0.335. The number of methoxy groups -OCH3 is 2. The van der Waals surface area contributed by atoms with Crippen LogP contribution in [0.2, 0.25) is 0 Å². The zero-order valence-electron chi connectivity index (χ0n) is 12.0. The third-order valence-corrected chi connectivity index (χ3v) is 3.26. The van der Waals surface area contributed by atoms with Gasteiger partial charge in [-0.1, -0.05) is 6.42 Å². The van der Waals surface area contributed by atoms with Crippen molar-refractivity contribution in [2.75, 3.05) is 33.9 Å². The molecule has 1 rings (SSSR count). The van der Waals surface area contributed by atoms with E-state index >= 15 is 0 Å². The van der Waals surface area contributed by atoms with Crippen LogP contribution in [0.25, 0.3) is 0 Å². The minimum absolute atomic E-state index is 0.0288. The Morgan fingerprint density at radius 1 is 1.37 bits per heavy atom. The van der Waals surface area contributed by atoms with E-state index in [-0.39, 0.29) is 30.5 Å². The molecule has 6 heteroatoms. The Labute approximate surface area is 114 Å². The van der Waals surface area contributed by atoms with Crippen LogP contribution in [-0.2, 0) is 19.1 Å². The molecule has 1 N–H and O–H groups in total. The molecule has 2 atom stereocenters. The number of hydrogen-bond acceptors (Lipinski definition) is 5. The van der Waals surface area contributed by atoms with Gasteiger partial charge in [-0.3, -0.25) is 14.5 Å². The van der Waals surface area contributed by atoms with Gasteiger partial charge in [0.15, 0.2) is 0 Å². The van der Waals surface area contributed by atoms with Crippen LogP contribution in [0.5, 0.6) is 0 Å². The molecule has 19 heavy (non-hydrogen) atoms. The predicted octanol–water partition coefficient (Wildman–Crippen LogP) is 0.165. The Hall–Kier alpha value is -1.14. The molecule has 0 spiro atoms. The Balaban J connectivity index is 2.48. The molecule has 6 nitrogen and oxygen atoms in total. The predicted molar refractivity (Wildman–Crippen MR) is 70.7 cm³/mol. The number of rotatable bonds is 6. The third kappa shape index (κ3) is 5.16. The third-order valence-electron chi connectivity index (χ3n) is 3.26. The van der Waals surface area contributed by atoms with Crippen molar-refractivity contribution in [3.8, 4) is 0 Å². The fourth-order valence-corrected chi connectivity index (χ4v) is 2.38. The standard InChI is InChI=1S/C13H24N2O4/c1-10(9-18-2)14-12(16)8-15-7-5-4-6-11(15)13(17)19-3/h10-11H,4-9H2,1-3H3,(H,14,16)/t10?,11-/m1/s1. The molecule has 1 amide bonds. The Morgan fingerprint density at radius 2 is 2.11 bits per heavy atom. The van der Waals surface area contributed by atoms with E-state index in [0.717, 1.165) is 25.8 Å². The van der Waals surface area contributed by atoms with Crippen LogP contribution in [0, 0.1) is 0 Å². The zero-order chi connectivity index (χ0) is 14.3. The molecule has 1 saturated heterocycles. The lowest BCUT2D eigenvalue weighted by Crippen LogP contribution is -2.50. The maximum atomic E-state index is 11.9. The van der Waals surface area contributed by atoms with Crippen LogP contribution >= 0.6 is 0 Å². The second-order valence-electron chi connectivity index (χ2n) is 4.93. The molecule has 1 aliphatic heterocycles. The number of nitrogens with one attached hydrogen (secondary N) is 1. The summed E-state index contributed by atoms with van der Waals surface area (Å²) in [4.78, 5) is 25.5. The molecule has 110 valence electrons. The zero-order valence-corrected chi connectivity index (χ0v) is 12.0. The van der Waals surface area contributed by atoms with Gasteiger partial charge in [0.25, 0.3) is 0 Å². The molecule has 0 aromatic rings. The van der Waals surface area contributed by atoms with Crippen LogP contribution in [0.15, 0.2) is 0 Å². The highest BCUT2D eigenvalue weighted by Gasteiger charge is 2.30. The van der Waals surface area contributed by atoms with E-state index < -0.39 is 0 Å². The van der Waals surface area contributed by atoms with Crippen LogP contribution in [0.3, 0.4) is 0 Å². The molecule has 0 aromatic carbocycles. The van der Waals surface area contributed by atoms with Crippen molar-refractivity contribution in [3.05, 3.63) is 0 Å². The minimum atomic E-state index is -0.290. The summed E-state index contributed by atoms with van der Waals surface area (Å²) < 4.78 is 9.76. The van der Waals surface area contributed by atoms with Crippen molar-refractivity contribution >= 4 is 11.9 Å². The number of ether oxygens (including phenoxy) is 2. The first-order chi connectivity index (χ1) is 9.08. The number of piperidine rings is 1. The molecule has 0 bridgehead atoms. The van der Waals surface area contributed by atoms with Gasteiger partial charge < -0.3 is 14.8 Å². The number of nitrogens with zero attached hydrogens (tertiary/aromatic N) is 1. The smallest absolute Gasteiger partial charge is 0.323 e. The van der Waals surface area contributed by atoms with Crippen LogP contribution in [0.4, 0.5) is 0 Å². The summed E-state index contributed by atoms with van der Waals surface area (Å²) in [7, 11) is 2.98. The first-order valence-electron chi connectivity index (χ1n) is 6.68. The highest BCUT2D eigenvalue weighted by molar-refractivity contribution is 5.80. The number of carbonyl (C=O) groups is 2. The van der Waals surface area contributed by atoms with Crippen LogP contribution in [0.1, 0.15) is 26.2 Å². The summed E-state index contributed by atoms with van der Waals surface area (Å²) in [5, 5.41) is 2.85. The quantitative estimate of drug-likeness (QED) is 0.698. The SMILES string of the molecule is COCC(C)NC(=O)CN1CCCC[C@@H]1C(=O)OC. The van der Waals surface area contributed by atoms with Crippen molar-refractivity contribution in [2.24, 2.45) is 0 Å². The minimum Gasteiger partial charge on any atom is -0.468 e. The lowest BCUT2D eigenvalue weighted by Gasteiger charge is -2.33. The van der Waals surface area contributed by atoms with Gasteiger partial charge in [0, 0.05) is 13.2 Å². The van der Waals surface area contributed by atoms with Gasteiger partial charge >= 0.3 is 5.97 Å². The molecule has 1 aliphatic rings. The summed E-state index contributed by atoms with van der Waals surface area (Å²) in [5.41, 5.74) is 0. The Morgan fingerprint density at radius 3 is 2.74 bits per heavy atom. The number of esters is 1. The van der Waals surface area contributed by atoms with E-state index in [1.54, 1.807) is 7.11 Å². The number of hydrogen-bond donors (Lipinski definition) is 1. The van der Waals surface area contributed by atoms with Crippen molar-refractivity contribution in [1.82, 2.24) is 10.2 Å². The second kappa shape index (κ2) is 8.12. The lowest BCUT2D eigenvalue weighted by molar-refractivity contribution is -0.148. The molecular formula is C13H24N2O4. The monoisotopic (exact) mass is 272 g/mol. The van der Waals surface area contributed by atoms with Gasteiger partial charge in [-0.05, 0) is 26.3 Å². The van der Waals surface area contributed by atoms with Crippen molar-refractivity contribution in [2.45, 2.75) is 38.3 Å². The second-order valence-corrected chi connectivity index (χ2v) is 4.93. The molecular weight excluding hydrogens is 248 g/mol. The van der Waals surface area contributed by atoms with Crippen LogP contribution in [-0.4, -0.2) is 62.8 Å². The summed E-state index contributed by atoms with van der Waals surface area (Å²) in [6, 6.07) is -0.318. The average molecular weight is 272 g/mol. The normalized spacial score (nSPS) is 21.7. The lowest BCUT2D eigenvalue weighted by atomic mass is 10.0. The first kappa shape index (κ1) is 15.9. The molecule has 0 radical (unpaired) electrons. The van der Waals surface area contributed by atoms with Gasteiger partial charge in [0.1, 0.15) is 6.04 Å². The van der Waals surface area contributed by atoms with Gasteiger partial charge in [-0.15, -0.1) is 0 Å². The van der Waals surface area contributed by atoms with Crippen molar-refractivity contribution in [3.63, 3.8) is 0 Å². The number of likely N-dealkylation sites (tertiary alicyclic amines) is 1. The molecule has 1 unspecified atom stereocenters. The van der Waals surface area contributed by atoms with E-state index in [4.69, 9.17) is 9.47 Å². The van der Waals surface area contributed by atoms with Crippen LogP contribution < -0.4 is 5.32 Å². The van der Waals surface area contributed by atoms with E-state index in [2.05, 4.69) is 5.32 Å². The maximum absolute atomic E-state index is 11.9. The first-order valence-corrected chi connectivity index (χ1v) is 6.68. The van der Waals surface area contributed by atoms with Crippen molar-refractivity contribution < 1.29 is 19.1 Å². The van der Waals surface area contributed by atoms with E-state index in [1.807, 2.05) is 11.8 Å². The van der Waals surface area contributed by atoms with E-state index in [9.17, 15) is 9.59 Å². The summed E-state index contributed by atoms with van der Waals surface area (Å²) >= 11 is 0. The van der Waals surface area contributed by atoms with Gasteiger partial charge in [-0.2, -0.15) is 0 Å². The fourth-order valence-electron chi connectivity index (χ4n) is 2.38. The molecule has 0 saturated carbocycles. The van der Waals surface area contributed by atoms with E-state index in [1.165, 1.54) is 7.11 Å². The highest BCUT2D eigenvalue weighted by atomic mass is 16.5. The van der Waals surface area contributed by atoms with Gasteiger partial charge in [0.2, 0.25) is 5.91 Å². The number of carbonyl (C=O) groups excluding carboxylic acids is 2. The summed E-state index contributed by atoms with van der Waals surface area (Å²) in [6.45, 7) is 3.35. The molecule has 1 heterocycles. The topological polar surface area (TPSA) is 67.9 Å². The largest absolute Gasteiger partial charge is 0.468 e. The summed E-state index contributed by atoms with van der Waals surface area (Å²) in [6.07, 6.45) is 2.76. The average Bonchev–Trinajstić information content (AvgIpc) is 2.38. The molecule has 0 aromatic heterocycles. The highest BCUT2D eigenvalue weighted by Crippen LogP contribution is 2.17. The maximum Gasteiger partial charge on any atom is 0.323 e. The van der Waals surface area contributed by atoms with E-state index in [0.29, 0.717) is 6.61 Å². The Kier molecular flexibility index (Phi) is 6.80.